The third kappa shape index (κ3) is 6.46. The van der Waals surface area contributed by atoms with Gasteiger partial charge in [-0.25, -0.2) is 18.4 Å². The predicted molar refractivity (Wildman–Crippen MR) is 150 cm³/mol. The molecule has 1 saturated heterocycles. The van der Waals surface area contributed by atoms with E-state index in [0.29, 0.717) is 54.3 Å². The molecule has 5 rings (SSSR count). The average molecular weight is 561 g/mol. The number of hydrogen-bond acceptors (Lipinski definition) is 8. The first-order valence-corrected chi connectivity index (χ1v) is 14.2. The van der Waals surface area contributed by atoms with E-state index in [9.17, 15) is 18.0 Å². The summed E-state index contributed by atoms with van der Waals surface area (Å²) in [4.78, 5) is 36.3. The molecule has 0 saturated carbocycles. The van der Waals surface area contributed by atoms with Gasteiger partial charge in [0.2, 0.25) is 11.5 Å². The fraction of sp³-hybridized carbons (Fsp3) is 0.214. The molecule has 1 amide bonds. The van der Waals surface area contributed by atoms with Crippen LogP contribution in [0.4, 0.5) is 11.4 Å². The van der Waals surface area contributed by atoms with E-state index in [1.807, 2.05) is 0 Å². The first-order chi connectivity index (χ1) is 19.3. The van der Waals surface area contributed by atoms with Gasteiger partial charge in [0.1, 0.15) is 6.61 Å². The summed E-state index contributed by atoms with van der Waals surface area (Å²) in [5.74, 6) is 0.448. The van der Waals surface area contributed by atoms with Crippen molar-refractivity contribution in [2.45, 2.75) is 24.3 Å². The van der Waals surface area contributed by atoms with Gasteiger partial charge in [0, 0.05) is 48.2 Å². The molecular weight excluding hydrogens is 532 g/mol. The van der Waals surface area contributed by atoms with E-state index in [0.717, 1.165) is 5.69 Å². The number of hydrogen-bond donors (Lipinski definition) is 3. The molecule has 0 spiro atoms. The van der Waals surface area contributed by atoms with Gasteiger partial charge in [0.25, 0.3) is 10.0 Å². The number of nitrogens with zero attached hydrogens (tertiary/aromatic N) is 3. The van der Waals surface area contributed by atoms with Crippen molar-refractivity contribution in [1.29, 1.82) is 0 Å². The van der Waals surface area contributed by atoms with Gasteiger partial charge in [-0.2, -0.15) is 0 Å². The highest BCUT2D eigenvalue weighted by Crippen LogP contribution is 2.26. The number of primary amides is 1. The molecule has 2 aromatic carbocycles. The van der Waals surface area contributed by atoms with Crippen molar-refractivity contribution >= 4 is 27.3 Å². The molecule has 3 heterocycles. The normalized spacial score (nSPS) is 14.1. The Hall–Kier alpha value is -4.71. The zero-order valence-electron chi connectivity index (χ0n) is 21.5. The van der Waals surface area contributed by atoms with Crippen molar-refractivity contribution < 1.29 is 17.9 Å². The number of rotatable bonds is 9. The van der Waals surface area contributed by atoms with Crippen LogP contribution in [0.2, 0.25) is 0 Å². The summed E-state index contributed by atoms with van der Waals surface area (Å²) in [5, 5.41) is 0. The second kappa shape index (κ2) is 11.6. The van der Waals surface area contributed by atoms with Gasteiger partial charge in [0.15, 0.2) is 11.6 Å². The van der Waals surface area contributed by atoms with Crippen molar-refractivity contribution in [1.82, 2.24) is 15.0 Å². The number of piperidine rings is 1. The van der Waals surface area contributed by atoms with Gasteiger partial charge in [-0.1, -0.05) is 12.1 Å². The van der Waals surface area contributed by atoms with E-state index in [1.165, 1.54) is 18.5 Å². The molecule has 0 bridgehead atoms. The number of pyridine rings is 1. The van der Waals surface area contributed by atoms with E-state index < -0.39 is 10.0 Å². The average Bonchev–Trinajstić information content (AvgIpc) is 2.96. The van der Waals surface area contributed by atoms with Crippen molar-refractivity contribution in [3.8, 4) is 17.1 Å². The smallest absolute Gasteiger partial charge is 0.261 e. The number of nitrogens with one attached hydrogen (secondary N) is 2. The maximum absolute atomic E-state index is 13.1. The number of anilines is 2. The van der Waals surface area contributed by atoms with Crippen LogP contribution in [-0.4, -0.2) is 42.4 Å². The highest BCUT2D eigenvalue weighted by molar-refractivity contribution is 7.92. The SMILES string of the molecule is NC(=O)C1CCN(c2ccc(S(=O)(=O)Nc3cccc(-c4ncc(OCc5cc[nH]c(=O)c5)cn4)c3)cc2)CC1. The molecule has 1 fully saturated rings. The molecule has 2 aromatic heterocycles. The summed E-state index contributed by atoms with van der Waals surface area (Å²) in [6, 6.07) is 16.7. The number of ether oxygens (including phenoxy) is 1. The van der Waals surface area contributed by atoms with Crippen LogP contribution in [0.15, 0.2) is 88.9 Å². The largest absolute Gasteiger partial charge is 0.486 e. The lowest BCUT2D eigenvalue weighted by Crippen LogP contribution is -2.38. The Morgan fingerprint density at radius 3 is 2.45 bits per heavy atom. The summed E-state index contributed by atoms with van der Waals surface area (Å²) in [5.41, 5.74) is 7.80. The lowest BCUT2D eigenvalue weighted by molar-refractivity contribution is -0.122. The molecule has 0 atom stereocenters. The second-order valence-electron chi connectivity index (χ2n) is 9.44. The van der Waals surface area contributed by atoms with Crippen LogP contribution in [0.1, 0.15) is 18.4 Å². The fourth-order valence-electron chi connectivity index (χ4n) is 4.48. The Morgan fingerprint density at radius 1 is 1.05 bits per heavy atom. The van der Waals surface area contributed by atoms with Gasteiger partial charge < -0.3 is 20.4 Å². The van der Waals surface area contributed by atoms with E-state index in [4.69, 9.17) is 10.5 Å². The van der Waals surface area contributed by atoms with Gasteiger partial charge >= 0.3 is 0 Å². The van der Waals surface area contributed by atoms with Crippen LogP contribution in [0.3, 0.4) is 0 Å². The summed E-state index contributed by atoms with van der Waals surface area (Å²) in [6.45, 7) is 1.57. The number of H-pyrrole nitrogens is 1. The monoisotopic (exact) mass is 560 g/mol. The Balaban J connectivity index is 1.22. The zero-order valence-corrected chi connectivity index (χ0v) is 22.3. The van der Waals surface area contributed by atoms with Gasteiger partial charge in [-0.3, -0.25) is 14.3 Å². The van der Waals surface area contributed by atoms with Crippen LogP contribution >= 0.6 is 0 Å². The minimum absolute atomic E-state index is 0.111. The fourth-order valence-corrected chi connectivity index (χ4v) is 5.53. The number of benzene rings is 2. The van der Waals surface area contributed by atoms with E-state index in [2.05, 4.69) is 24.6 Å². The molecule has 11 nitrogen and oxygen atoms in total. The Kier molecular flexibility index (Phi) is 7.78. The lowest BCUT2D eigenvalue weighted by Gasteiger charge is -2.32. The summed E-state index contributed by atoms with van der Waals surface area (Å²) in [6.07, 6.45) is 5.95. The number of amides is 1. The van der Waals surface area contributed by atoms with E-state index in [-0.39, 0.29) is 28.9 Å². The van der Waals surface area contributed by atoms with Gasteiger partial charge in [0.05, 0.1) is 17.3 Å². The Morgan fingerprint density at radius 2 is 1.77 bits per heavy atom. The number of carbonyl (C=O) groups excluding carboxylic acids is 1. The van der Waals surface area contributed by atoms with Crippen LogP contribution in [0, 0.1) is 5.92 Å². The lowest BCUT2D eigenvalue weighted by atomic mass is 9.96. The van der Waals surface area contributed by atoms with Crippen LogP contribution in [-0.2, 0) is 21.4 Å². The summed E-state index contributed by atoms with van der Waals surface area (Å²) < 4.78 is 34.4. The highest BCUT2D eigenvalue weighted by atomic mass is 32.2. The van der Waals surface area contributed by atoms with Crippen LogP contribution in [0.25, 0.3) is 11.4 Å². The molecular formula is C28H28N6O5S. The first-order valence-electron chi connectivity index (χ1n) is 12.7. The molecule has 0 unspecified atom stereocenters. The van der Waals surface area contributed by atoms with Crippen LogP contribution < -0.4 is 25.7 Å². The quantitative estimate of drug-likeness (QED) is 0.282. The molecule has 1 aliphatic heterocycles. The Labute approximate surface area is 231 Å². The third-order valence-electron chi connectivity index (χ3n) is 6.66. The summed E-state index contributed by atoms with van der Waals surface area (Å²) in [7, 11) is -3.84. The standard InChI is InChI=1S/C28H28N6O5S/c29-27(36)20-9-12-34(13-10-20)23-4-6-25(7-5-23)40(37,38)33-22-3-1-2-21(15-22)28-31-16-24(17-32-28)39-18-19-8-11-30-26(35)14-19/h1-8,11,14-17,20,33H,9-10,12-13,18H2,(H2,29,36)(H,30,35). The van der Waals surface area contributed by atoms with Crippen molar-refractivity contribution in [3.63, 3.8) is 0 Å². The molecule has 4 aromatic rings. The van der Waals surface area contributed by atoms with E-state index >= 15 is 0 Å². The number of aromatic amines is 1. The second-order valence-corrected chi connectivity index (χ2v) is 11.1. The van der Waals surface area contributed by atoms with Gasteiger partial charge in [-0.05, 0) is 60.9 Å². The first kappa shape index (κ1) is 26.9. The molecule has 40 heavy (non-hydrogen) atoms. The van der Waals surface area contributed by atoms with Gasteiger partial charge in [-0.15, -0.1) is 0 Å². The number of sulfonamides is 1. The predicted octanol–water partition coefficient (Wildman–Crippen LogP) is 2.91. The highest BCUT2D eigenvalue weighted by Gasteiger charge is 2.23. The minimum Gasteiger partial charge on any atom is -0.486 e. The maximum Gasteiger partial charge on any atom is 0.261 e. The molecule has 4 N–H and O–H groups in total. The molecule has 0 aliphatic carbocycles. The van der Waals surface area contributed by atoms with Crippen LogP contribution in [0.5, 0.6) is 5.75 Å². The topological polar surface area (TPSA) is 160 Å². The molecule has 0 radical (unpaired) electrons. The molecule has 12 heteroatoms. The number of nitrogens with two attached hydrogens (primary N) is 1. The number of carbonyl (C=O) groups is 1. The number of aromatic nitrogens is 3. The van der Waals surface area contributed by atoms with Crippen molar-refractivity contribution in [2.75, 3.05) is 22.7 Å². The maximum atomic E-state index is 13.1. The third-order valence-corrected chi connectivity index (χ3v) is 8.05. The van der Waals surface area contributed by atoms with Crippen molar-refractivity contribution in [2.24, 2.45) is 11.7 Å². The molecule has 206 valence electrons. The summed E-state index contributed by atoms with van der Waals surface area (Å²) >= 11 is 0. The van der Waals surface area contributed by atoms with E-state index in [1.54, 1.807) is 60.8 Å². The molecule has 1 aliphatic rings. The van der Waals surface area contributed by atoms with Crippen molar-refractivity contribution in [3.05, 3.63) is 95.2 Å². The minimum atomic E-state index is -3.84. The Bertz CT molecular complexity index is 1650. The zero-order chi connectivity index (χ0) is 28.1.